The molecule has 0 spiro atoms. The number of hydrogen-bond acceptors (Lipinski definition) is 5. The van der Waals surface area contributed by atoms with Gasteiger partial charge in [0.1, 0.15) is 11.6 Å². The van der Waals surface area contributed by atoms with Crippen molar-refractivity contribution in [1.29, 1.82) is 0 Å². The van der Waals surface area contributed by atoms with E-state index in [9.17, 15) is 9.18 Å². The Bertz CT molecular complexity index is 1140. The summed E-state index contributed by atoms with van der Waals surface area (Å²) in [5.41, 5.74) is 2.19. The number of rotatable bonds is 6. The minimum Gasteiger partial charge on any atom is -0.469 e. The predicted octanol–water partition coefficient (Wildman–Crippen LogP) is 5.34. The number of Topliss-reactive ketones (excluding diaryl/α,β-unsaturated/α-hetero) is 1. The van der Waals surface area contributed by atoms with E-state index >= 15 is 0 Å². The first kappa shape index (κ1) is 19.1. The molecule has 1 unspecified atom stereocenters. The largest absolute Gasteiger partial charge is 0.469 e. The van der Waals surface area contributed by atoms with Gasteiger partial charge in [0.05, 0.1) is 17.1 Å². The number of hydrogen-bond donors (Lipinski definition) is 0. The van der Waals surface area contributed by atoms with E-state index in [2.05, 4.69) is 10.2 Å². The zero-order chi connectivity index (χ0) is 20.4. The molecule has 0 radical (unpaired) electrons. The predicted molar refractivity (Wildman–Crippen MR) is 110 cm³/mol. The molecule has 0 fully saturated rings. The summed E-state index contributed by atoms with van der Waals surface area (Å²) < 4.78 is 20.5. The number of nitrogens with zero attached hydrogens (tertiary/aromatic N) is 3. The number of benzene rings is 2. The van der Waals surface area contributed by atoms with E-state index in [1.807, 2.05) is 54.8 Å². The summed E-state index contributed by atoms with van der Waals surface area (Å²) in [4.78, 5) is 12.8. The molecule has 0 saturated carbocycles. The number of carbonyl (C=O) groups is 1. The van der Waals surface area contributed by atoms with Crippen molar-refractivity contribution in [2.75, 3.05) is 0 Å². The maximum Gasteiger partial charge on any atom is 0.196 e. The van der Waals surface area contributed by atoms with Gasteiger partial charge in [-0.15, -0.1) is 10.2 Å². The molecule has 4 aromatic rings. The fourth-order valence-corrected chi connectivity index (χ4v) is 3.95. The highest BCUT2D eigenvalue weighted by Crippen LogP contribution is 2.32. The summed E-state index contributed by atoms with van der Waals surface area (Å²) in [5, 5.41) is 8.87. The van der Waals surface area contributed by atoms with E-state index in [1.54, 1.807) is 6.26 Å². The Balaban J connectivity index is 1.70. The fourth-order valence-electron chi connectivity index (χ4n) is 3.01. The lowest BCUT2D eigenvalue weighted by atomic mass is 10.1. The number of aromatic nitrogens is 3. The summed E-state index contributed by atoms with van der Waals surface area (Å²) in [6.45, 7) is 3.68. The number of furan rings is 1. The first-order valence-electron chi connectivity index (χ1n) is 9.06. The number of aryl methyl sites for hydroxylation is 1. The second-order valence-corrected chi connectivity index (χ2v) is 7.81. The van der Waals surface area contributed by atoms with Crippen molar-refractivity contribution < 1.29 is 13.6 Å². The van der Waals surface area contributed by atoms with Gasteiger partial charge in [-0.25, -0.2) is 4.39 Å². The smallest absolute Gasteiger partial charge is 0.196 e. The summed E-state index contributed by atoms with van der Waals surface area (Å²) >= 11 is 1.31. The minimum atomic E-state index is -0.426. The first-order valence-corrected chi connectivity index (χ1v) is 9.94. The van der Waals surface area contributed by atoms with E-state index in [4.69, 9.17) is 4.42 Å². The number of para-hydroxylation sites is 1. The highest BCUT2D eigenvalue weighted by molar-refractivity contribution is 8.00. The Morgan fingerprint density at radius 1 is 1.07 bits per heavy atom. The van der Waals surface area contributed by atoms with Crippen LogP contribution in [0.4, 0.5) is 4.39 Å². The van der Waals surface area contributed by atoms with Gasteiger partial charge in [-0.05, 0) is 56.3 Å². The van der Waals surface area contributed by atoms with Crippen LogP contribution >= 0.6 is 11.8 Å². The van der Waals surface area contributed by atoms with Gasteiger partial charge in [0.25, 0.3) is 0 Å². The van der Waals surface area contributed by atoms with Gasteiger partial charge in [-0.1, -0.05) is 30.0 Å². The van der Waals surface area contributed by atoms with Crippen LogP contribution in [0.25, 0.3) is 17.1 Å². The molecule has 0 aliphatic heterocycles. The third-order valence-electron chi connectivity index (χ3n) is 4.53. The van der Waals surface area contributed by atoms with E-state index < -0.39 is 5.25 Å². The Morgan fingerprint density at radius 3 is 2.45 bits per heavy atom. The van der Waals surface area contributed by atoms with Crippen LogP contribution in [-0.4, -0.2) is 25.8 Å². The summed E-state index contributed by atoms with van der Waals surface area (Å²) in [6, 6.07) is 17.1. The normalized spacial score (nSPS) is 12.1. The SMILES string of the molecule is Cc1occc1-c1nnc(SC(C)C(=O)c2ccc(F)cc2)n1-c1ccccc1. The maximum atomic E-state index is 13.2. The Morgan fingerprint density at radius 2 is 1.79 bits per heavy atom. The van der Waals surface area contributed by atoms with E-state index in [0.29, 0.717) is 16.5 Å². The van der Waals surface area contributed by atoms with Crippen molar-refractivity contribution in [3.8, 4) is 17.1 Å². The van der Waals surface area contributed by atoms with Crippen LogP contribution in [0.1, 0.15) is 23.0 Å². The monoisotopic (exact) mass is 407 g/mol. The molecule has 0 amide bonds. The standard InChI is InChI=1S/C22H18FN3O2S/c1-14-19(12-13-28-14)21-24-25-22(26(21)18-6-4-3-5-7-18)29-15(2)20(27)16-8-10-17(23)11-9-16/h3-13,15H,1-2H3. The third-order valence-corrected chi connectivity index (χ3v) is 5.57. The van der Waals surface area contributed by atoms with Crippen molar-refractivity contribution >= 4 is 17.5 Å². The topological polar surface area (TPSA) is 60.9 Å². The van der Waals surface area contributed by atoms with Crippen molar-refractivity contribution in [1.82, 2.24) is 14.8 Å². The van der Waals surface area contributed by atoms with Gasteiger partial charge in [-0.3, -0.25) is 9.36 Å². The number of halogens is 1. The van der Waals surface area contributed by atoms with Crippen LogP contribution in [0.3, 0.4) is 0 Å². The Labute approximate surface area is 171 Å². The molecular weight excluding hydrogens is 389 g/mol. The summed E-state index contributed by atoms with van der Waals surface area (Å²) in [6.07, 6.45) is 1.61. The molecule has 0 aliphatic rings. The average Bonchev–Trinajstić information content (AvgIpc) is 3.34. The third kappa shape index (κ3) is 3.86. The quantitative estimate of drug-likeness (QED) is 0.319. The molecule has 0 saturated heterocycles. The van der Waals surface area contributed by atoms with Crippen molar-refractivity contribution in [3.63, 3.8) is 0 Å². The Hall–Kier alpha value is -3.19. The molecule has 0 aliphatic carbocycles. The molecule has 0 bridgehead atoms. The lowest BCUT2D eigenvalue weighted by Crippen LogP contribution is -2.14. The van der Waals surface area contributed by atoms with Crippen molar-refractivity contribution in [2.45, 2.75) is 24.3 Å². The highest BCUT2D eigenvalue weighted by Gasteiger charge is 2.23. The molecule has 7 heteroatoms. The minimum absolute atomic E-state index is 0.0985. The lowest BCUT2D eigenvalue weighted by molar-refractivity contribution is 0.0994. The molecule has 2 heterocycles. The van der Waals surface area contributed by atoms with Crippen LogP contribution in [0, 0.1) is 12.7 Å². The molecule has 146 valence electrons. The average molecular weight is 407 g/mol. The van der Waals surface area contributed by atoms with Gasteiger partial charge in [0.15, 0.2) is 16.8 Å². The van der Waals surface area contributed by atoms with Crippen LogP contribution in [0.5, 0.6) is 0 Å². The second-order valence-electron chi connectivity index (χ2n) is 6.50. The second kappa shape index (κ2) is 8.05. The molecular formula is C22H18FN3O2S. The molecule has 2 aromatic carbocycles. The van der Waals surface area contributed by atoms with Gasteiger partial charge in [-0.2, -0.15) is 0 Å². The number of ketones is 1. The number of carbonyl (C=O) groups excluding carboxylic acids is 1. The summed E-state index contributed by atoms with van der Waals surface area (Å²) in [7, 11) is 0. The molecule has 5 nitrogen and oxygen atoms in total. The van der Waals surface area contributed by atoms with Crippen molar-refractivity contribution in [2.24, 2.45) is 0 Å². The van der Waals surface area contributed by atoms with Crippen LogP contribution < -0.4 is 0 Å². The van der Waals surface area contributed by atoms with Crippen LogP contribution in [0.15, 0.2) is 76.5 Å². The van der Waals surface area contributed by atoms with E-state index in [-0.39, 0.29) is 11.6 Å². The fraction of sp³-hybridized carbons (Fsp3) is 0.136. The Kier molecular flexibility index (Phi) is 5.31. The number of thioether (sulfide) groups is 1. The zero-order valence-corrected chi connectivity index (χ0v) is 16.7. The van der Waals surface area contributed by atoms with E-state index in [0.717, 1.165) is 17.0 Å². The maximum absolute atomic E-state index is 13.2. The van der Waals surface area contributed by atoms with E-state index in [1.165, 1.54) is 36.0 Å². The van der Waals surface area contributed by atoms with Crippen LogP contribution in [0.2, 0.25) is 0 Å². The van der Waals surface area contributed by atoms with Gasteiger partial charge in [0, 0.05) is 11.3 Å². The van der Waals surface area contributed by atoms with Gasteiger partial charge >= 0.3 is 0 Å². The summed E-state index contributed by atoms with van der Waals surface area (Å²) in [5.74, 6) is 0.914. The van der Waals surface area contributed by atoms with Gasteiger partial charge < -0.3 is 4.42 Å². The molecule has 4 rings (SSSR count). The lowest BCUT2D eigenvalue weighted by Gasteiger charge is -2.13. The zero-order valence-electron chi connectivity index (χ0n) is 15.9. The molecule has 2 aromatic heterocycles. The molecule has 0 N–H and O–H groups in total. The highest BCUT2D eigenvalue weighted by atomic mass is 32.2. The van der Waals surface area contributed by atoms with Gasteiger partial charge in [0.2, 0.25) is 0 Å². The van der Waals surface area contributed by atoms with Crippen molar-refractivity contribution in [3.05, 3.63) is 84.1 Å². The van der Waals surface area contributed by atoms with Crippen LogP contribution in [-0.2, 0) is 0 Å². The molecule has 29 heavy (non-hydrogen) atoms. The molecule has 1 atom stereocenters. The first-order chi connectivity index (χ1) is 14.0.